The van der Waals surface area contributed by atoms with E-state index in [1.165, 1.54) is 11.3 Å². The van der Waals surface area contributed by atoms with E-state index < -0.39 is 0 Å². The fraction of sp³-hybridized carbons (Fsp3) is 0.312. The lowest BCUT2D eigenvalue weighted by Crippen LogP contribution is -2.19. The van der Waals surface area contributed by atoms with Gasteiger partial charge in [0.05, 0.1) is 17.2 Å². The van der Waals surface area contributed by atoms with Crippen LogP contribution in [0.5, 0.6) is 5.75 Å². The molecule has 1 aromatic carbocycles. The van der Waals surface area contributed by atoms with Gasteiger partial charge < -0.3 is 10.1 Å². The molecule has 120 valence electrons. The van der Waals surface area contributed by atoms with Gasteiger partial charge in [0.15, 0.2) is 10.9 Å². The SMILES string of the molecule is CCOc1ccc(NC(=O)Nc2nc3c(s2)C(=O)CCC3)cc1. The van der Waals surface area contributed by atoms with Gasteiger partial charge in [-0.05, 0) is 44.0 Å². The molecule has 1 aliphatic rings. The van der Waals surface area contributed by atoms with Crippen LogP contribution in [0.25, 0.3) is 0 Å². The molecule has 6 nitrogen and oxygen atoms in total. The summed E-state index contributed by atoms with van der Waals surface area (Å²) in [5.41, 5.74) is 1.45. The standard InChI is InChI=1S/C16H17N3O3S/c1-2-22-11-8-6-10(7-9-11)17-15(21)19-16-18-12-4-3-5-13(20)14(12)23-16/h6-9H,2-5H2,1H3,(H2,17,18,19,21). The Kier molecular flexibility index (Phi) is 4.57. The molecule has 1 aliphatic carbocycles. The second kappa shape index (κ2) is 6.78. The predicted molar refractivity (Wildman–Crippen MR) is 89.6 cm³/mol. The van der Waals surface area contributed by atoms with E-state index >= 15 is 0 Å². The first-order valence-electron chi connectivity index (χ1n) is 7.49. The first-order valence-corrected chi connectivity index (χ1v) is 8.31. The van der Waals surface area contributed by atoms with Crippen LogP contribution in [0, 0.1) is 0 Å². The smallest absolute Gasteiger partial charge is 0.325 e. The number of ketones is 1. The summed E-state index contributed by atoms with van der Waals surface area (Å²) in [5, 5.41) is 5.86. The number of nitrogens with zero attached hydrogens (tertiary/aromatic N) is 1. The van der Waals surface area contributed by atoms with Gasteiger partial charge in [0.1, 0.15) is 5.75 Å². The highest BCUT2D eigenvalue weighted by atomic mass is 32.1. The van der Waals surface area contributed by atoms with Crippen LogP contribution >= 0.6 is 11.3 Å². The number of hydrogen-bond acceptors (Lipinski definition) is 5. The van der Waals surface area contributed by atoms with E-state index in [4.69, 9.17) is 4.74 Å². The van der Waals surface area contributed by atoms with Gasteiger partial charge in [0, 0.05) is 12.1 Å². The monoisotopic (exact) mass is 331 g/mol. The molecule has 1 heterocycles. The highest BCUT2D eigenvalue weighted by Crippen LogP contribution is 2.29. The van der Waals surface area contributed by atoms with Crippen molar-refractivity contribution in [2.45, 2.75) is 26.2 Å². The Morgan fingerprint density at radius 3 is 2.74 bits per heavy atom. The van der Waals surface area contributed by atoms with Gasteiger partial charge in [-0.1, -0.05) is 11.3 Å². The molecule has 7 heteroatoms. The van der Waals surface area contributed by atoms with Gasteiger partial charge in [-0.3, -0.25) is 10.1 Å². The molecule has 1 aromatic heterocycles. The molecule has 2 aromatic rings. The molecule has 0 bridgehead atoms. The van der Waals surface area contributed by atoms with E-state index in [1.807, 2.05) is 6.92 Å². The molecule has 0 saturated heterocycles. The highest BCUT2D eigenvalue weighted by molar-refractivity contribution is 7.17. The summed E-state index contributed by atoms with van der Waals surface area (Å²) in [6.07, 6.45) is 2.18. The summed E-state index contributed by atoms with van der Waals surface area (Å²) in [7, 11) is 0. The highest BCUT2D eigenvalue weighted by Gasteiger charge is 2.22. The van der Waals surface area contributed by atoms with Gasteiger partial charge in [-0.2, -0.15) is 0 Å². The van der Waals surface area contributed by atoms with E-state index in [2.05, 4.69) is 15.6 Å². The fourth-order valence-electron chi connectivity index (χ4n) is 2.38. The van der Waals surface area contributed by atoms with Crippen molar-refractivity contribution in [3.63, 3.8) is 0 Å². The number of carbonyl (C=O) groups is 2. The maximum absolute atomic E-state index is 12.0. The van der Waals surface area contributed by atoms with Gasteiger partial charge in [-0.25, -0.2) is 9.78 Å². The van der Waals surface area contributed by atoms with Gasteiger partial charge >= 0.3 is 6.03 Å². The molecule has 0 radical (unpaired) electrons. The molecular weight excluding hydrogens is 314 g/mol. The van der Waals surface area contributed by atoms with E-state index in [-0.39, 0.29) is 11.8 Å². The summed E-state index contributed by atoms with van der Waals surface area (Å²) >= 11 is 1.24. The Labute approximate surface area is 137 Å². The number of thiazole rings is 1. The molecule has 3 rings (SSSR count). The van der Waals surface area contributed by atoms with Gasteiger partial charge in [-0.15, -0.1) is 0 Å². The minimum atomic E-state index is -0.382. The third kappa shape index (κ3) is 3.68. The van der Waals surface area contributed by atoms with Crippen LogP contribution in [0.15, 0.2) is 24.3 Å². The fourth-order valence-corrected chi connectivity index (χ4v) is 3.36. The predicted octanol–water partition coefficient (Wildman–Crippen LogP) is 3.70. The molecule has 2 N–H and O–H groups in total. The maximum Gasteiger partial charge on any atom is 0.325 e. The topological polar surface area (TPSA) is 80.3 Å². The number of ether oxygens (including phenoxy) is 1. The van der Waals surface area contributed by atoms with E-state index in [0.29, 0.717) is 28.7 Å². The van der Waals surface area contributed by atoms with Crippen LogP contribution in [-0.4, -0.2) is 23.4 Å². The zero-order valence-corrected chi connectivity index (χ0v) is 13.5. The minimum Gasteiger partial charge on any atom is -0.494 e. The molecular formula is C16H17N3O3S. The van der Waals surface area contributed by atoms with E-state index in [9.17, 15) is 9.59 Å². The number of nitrogens with one attached hydrogen (secondary N) is 2. The molecule has 0 spiro atoms. The Morgan fingerprint density at radius 1 is 1.26 bits per heavy atom. The molecule has 0 atom stereocenters. The number of carbonyl (C=O) groups excluding carboxylic acids is 2. The Hall–Kier alpha value is -2.41. The molecule has 2 amide bonds. The number of benzene rings is 1. The molecule has 0 fully saturated rings. The van der Waals surface area contributed by atoms with Crippen LogP contribution in [0.2, 0.25) is 0 Å². The lowest BCUT2D eigenvalue weighted by atomic mass is 10.0. The minimum absolute atomic E-state index is 0.115. The Balaban J connectivity index is 1.62. The first kappa shape index (κ1) is 15.5. The number of amides is 2. The third-order valence-corrected chi connectivity index (χ3v) is 4.47. The van der Waals surface area contributed by atoms with E-state index in [0.717, 1.165) is 24.3 Å². The first-order chi connectivity index (χ1) is 11.2. The van der Waals surface area contributed by atoms with Crippen molar-refractivity contribution in [3.8, 4) is 5.75 Å². The van der Waals surface area contributed by atoms with Crippen LogP contribution in [0.3, 0.4) is 0 Å². The number of anilines is 2. The Bertz CT molecular complexity index is 725. The second-order valence-corrected chi connectivity index (χ2v) is 6.11. The molecule has 0 unspecified atom stereocenters. The van der Waals surface area contributed by atoms with Crippen molar-refractivity contribution in [2.75, 3.05) is 17.2 Å². The van der Waals surface area contributed by atoms with Crippen molar-refractivity contribution in [1.82, 2.24) is 4.98 Å². The van der Waals surface area contributed by atoms with Crippen LogP contribution in [0.1, 0.15) is 35.1 Å². The zero-order valence-electron chi connectivity index (χ0n) is 12.7. The summed E-state index contributed by atoms with van der Waals surface area (Å²) in [6, 6.07) is 6.73. The average Bonchev–Trinajstić information content (AvgIpc) is 2.93. The van der Waals surface area contributed by atoms with Crippen molar-refractivity contribution in [2.24, 2.45) is 0 Å². The number of rotatable bonds is 4. The van der Waals surface area contributed by atoms with Crippen LogP contribution < -0.4 is 15.4 Å². The summed E-state index contributed by atoms with van der Waals surface area (Å²) in [4.78, 5) is 28.8. The van der Waals surface area contributed by atoms with Crippen molar-refractivity contribution in [1.29, 1.82) is 0 Å². The third-order valence-electron chi connectivity index (χ3n) is 3.41. The number of Topliss-reactive ketones (excluding diaryl/α,β-unsaturated/α-hetero) is 1. The van der Waals surface area contributed by atoms with Gasteiger partial charge in [0.2, 0.25) is 0 Å². The summed E-state index contributed by atoms with van der Waals surface area (Å²) in [6.45, 7) is 2.51. The summed E-state index contributed by atoms with van der Waals surface area (Å²) in [5.74, 6) is 0.869. The molecule has 23 heavy (non-hydrogen) atoms. The van der Waals surface area contributed by atoms with Gasteiger partial charge in [0.25, 0.3) is 0 Å². The normalized spacial score (nSPS) is 13.3. The largest absolute Gasteiger partial charge is 0.494 e. The van der Waals surface area contributed by atoms with Crippen molar-refractivity contribution >= 4 is 34.0 Å². The second-order valence-electron chi connectivity index (χ2n) is 5.11. The molecule has 0 aliphatic heterocycles. The summed E-state index contributed by atoms with van der Waals surface area (Å²) < 4.78 is 5.35. The molecule has 0 saturated carbocycles. The number of aryl methyl sites for hydroxylation is 1. The number of fused-ring (bicyclic) bond motifs is 1. The zero-order chi connectivity index (χ0) is 16.2. The quantitative estimate of drug-likeness (QED) is 0.895. The number of hydrogen-bond donors (Lipinski definition) is 2. The van der Waals surface area contributed by atoms with Crippen molar-refractivity contribution < 1.29 is 14.3 Å². The van der Waals surface area contributed by atoms with E-state index in [1.54, 1.807) is 24.3 Å². The van der Waals surface area contributed by atoms with Crippen LogP contribution in [-0.2, 0) is 6.42 Å². The van der Waals surface area contributed by atoms with Crippen LogP contribution in [0.4, 0.5) is 15.6 Å². The average molecular weight is 331 g/mol. The number of urea groups is 1. The lowest BCUT2D eigenvalue weighted by molar-refractivity contribution is 0.0976. The Morgan fingerprint density at radius 2 is 2.04 bits per heavy atom. The van der Waals surface area contributed by atoms with Crippen molar-refractivity contribution in [3.05, 3.63) is 34.8 Å². The number of aromatic nitrogens is 1. The lowest BCUT2D eigenvalue weighted by Gasteiger charge is -2.07. The maximum atomic E-state index is 12.0.